The third-order valence-corrected chi connectivity index (χ3v) is 5.31. The van der Waals surface area contributed by atoms with Crippen LogP contribution in [0.1, 0.15) is 42.5 Å². The van der Waals surface area contributed by atoms with Gasteiger partial charge in [0.25, 0.3) is 0 Å². The average molecular weight is 382 g/mol. The van der Waals surface area contributed by atoms with Crippen LogP contribution in [0.15, 0.2) is 34.4 Å². The van der Waals surface area contributed by atoms with Crippen LogP contribution in [-0.2, 0) is 17.0 Å². The van der Waals surface area contributed by atoms with Crippen LogP contribution in [-0.4, -0.2) is 26.1 Å². The van der Waals surface area contributed by atoms with Crippen LogP contribution in [0.3, 0.4) is 0 Å². The summed E-state index contributed by atoms with van der Waals surface area (Å²) in [6, 6.07) is 2.61. The van der Waals surface area contributed by atoms with E-state index in [1.165, 1.54) is 6.21 Å². The maximum Gasteiger partial charge on any atom is 0.433 e. The van der Waals surface area contributed by atoms with Crippen LogP contribution in [0.4, 0.5) is 24.7 Å². The SMILES string of the molecule is CCS(=O)c1cc(C2CC2)cnc1N=Cc1cnc(C(F)(F)F)cc1N. The molecule has 1 aliphatic carbocycles. The maximum absolute atomic E-state index is 12.6. The average Bonchev–Trinajstić information content (AvgIpc) is 3.44. The van der Waals surface area contributed by atoms with Gasteiger partial charge in [0.15, 0.2) is 5.82 Å². The second kappa shape index (κ2) is 7.14. The molecule has 1 aliphatic rings. The van der Waals surface area contributed by atoms with Crippen molar-refractivity contribution in [2.45, 2.75) is 36.8 Å². The second-order valence-electron chi connectivity index (χ2n) is 5.95. The lowest BCUT2D eigenvalue weighted by Crippen LogP contribution is -2.09. The molecule has 1 atom stereocenters. The maximum atomic E-state index is 12.6. The standard InChI is InChI=1S/C17H17F3N4OS/c1-2-26(25)14-5-11(10-3-4-10)7-23-16(14)24-9-12-8-22-15(6-13(12)21)17(18,19)20/h5-10H,2-4H2,1H3,(H2,21,22). The van der Waals surface area contributed by atoms with Crippen LogP contribution < -0.4 is 5.73 Å². The van der Waals surface area contributed by atoms with Crippen LogP contribution in [0.25, 0.3) is 0 Å². The Bertz CT molecular complexity index is 879. The summed E-state index contributed by atoms with van der Waals surface area (Å²) in [6.45, 7) is 1.80. The highest BCUT2D eigenvalue weighted by molar-refractivity contribution is 7.85. The highest BCUT2D eigenvalue weighted by atomic mass is 32.2. The van der Waals surface area contributed by atoms with Crippen molar-refractivity contribution in [3.8, 4) is 0 Å². The van der Waals surface area contributed by atoms with Crippen molar-refractivity contribution in [2.24, 2.45) is 4.99 Å². The van der Waals surface area contributed by atoms with Gasteiger partial charge < -0.3 is 5.73 Å². The Kier molecular flexibility index (Phi) is 5.08. The molecule has 0 amide bonds. The van der Waals surface area contributed by atoms with Crippen molar-refractivity contribution in [3.05, 3.63) is 41.3 Å². The van der Waals surface area contributed by atoms with E-state index in [1.54, 1.807) is 13.1 Å². The van der Waals surface area contributed by atoms with Crippen molar-refractivity contribution in [2.75, 3.05) is 11.5 Å². The van der Waals surface area contributed by atoms with Gasteiger partial charge in [-0.25, -0.2) is 9.98 Å². The van der Waals surface area contributed by atoms with Gasteiger partial charge in [-0.05, 0) is 36.5 Å². The third kappa shape index (κ3) is 4.09. The number of rotatable bonds is 5. The molecule has 0 aliphatic heterocycles. The van der Waals surface area contributed by atoms with E-state index < -0.39 is 22.7 Å². The zero-order chi connectivity index (χ0) is 18.9. The Labute approximate surface area is 151 Å². The van der Waals surface area contributed by atoms with Crippen molar-refractivity contribution in [3.63, 3.8) is 0 Å². The van der Waals surface area contributed by atoms with Crippen LogP contribution >= 0.6 is 0 Å². The number of nitrogen functional groups attached to an aromatic ring is 1. The minimum absolute atomic E-state index is 0.0937. The predicted octanol–water partition coefficient (Wildman–Crippen LogP) is 3.83. The number of halogens is 3. The van der Waals surface area contributed by atoms with Crippen LogP contribution in [0.2, 0.25) is 0 Å². The summed E-state index contributed by atoms with van der Waals surface area (Å²) in [7, 11) is -1.25. The number of alkyl halides is 3. The zero-order valence-corrected chi connectivity index (χ0v) is 14.8. The summed E-state index contributed by atoms with van der Waals surface area (Å²) in [5.41, 5.74) is 5.78. The Morgan fingerprint density at radius 3 is 2.62 bits per heavy atom. The molecule has 3 rings (SSSR count). The fraction of sp³-hybridized carbons (Fsp3) is 0.353. The van der Waals surface area contributed by atoms with Crippen molar-refractivity contribution >= 4 is 28.5 Å². The summed E-state index contributed by atoms with van der Waals surface area (Å²) in [6.07, 6.45) is 1.63. The van der Waals surface area contributed by atoms with E-state index in [-0.39, 0.29) is 17.1 Å². The summed E-state index contributed by atoms with van der Waals surface area (Å²) in [5, 5.41) is 0. The zero-order valence-electron chi connectivity index (χ0n) is 14.0. The summed E-state index contributed by atoms with van der Waals surface area (Å²) in [5.74, 6) is 1.15. The highest BCUT2D eigenvalue weighted by Gasteiger charge is 2.32. The first kappa shape index (κ1) is 18.5. The Morgan fingerprint density at radius 1 is 1.31 bits per heavy atom. The normalized spacial score (nSPS) is 16.2. The number of aromatic nitrogens is 2. The molecule has 1 unspecified atom stereocenters. The first-order valence-electron chi connectivity index (χ1n) is 8.04. The molecule has 2 N–H and O–H groups in total. The topological polar surface area (TPSA) is 81.2 Å². The summed E-state index contributed by atoms with van der Waals surface area (Å²) in [4.78, 5) is 12.4. The van der Waals surface area contributed by atoms with Crippen LogP contribution in [0, 0.1) is 0 Å². The van der Waals surface area contributed by atoms with Gasteiger partial charge in [-0.15, -0.1) is 0 Å². The monoisotopic (exact) mass is 382 g/mol. The first-order valence-corrected chi connectivity index (χ1v) is 9.36. The molecule has 0 radical (unpaired) electrons. The smallest absolute Gasteiger partial charge is 0.398 e. The molecule has 1 fully saturated rings. The van der Waals surface area contributed by atoms with Crippen LogP contribution in [0.5, 0.6) is 0 Å². The fourth-order valence-electron chi connectivity index (χ4n) is 2.39. The quantitative estimate of drug-likeness (QED) is 0.797. The molecule has 1 saturated carbocycles. The Balaban J connectivity index is 1.91. The summed E-state index contributed by atoms with van der Waals surface area (Å²) < 4.78 is 50.2. The molecular weight excluding hydrogens is 365 g/mol. The third-order valence-electron chi connectivity index (χ3n) is 3.99. The number of hydrogen-bond donors (Lipinski definition) is 1. The Morgan fingerprint density at radius 2 is 2.04 bits per heavy atom. The number of hydrogen-bond acceptors (Lipinski definition) is 5. The Hall–Kier alpha value is -2.29. The lowest BCUT2D eigenvalue weighted by molar-refractivity contribution is -0.141. The molecule has 2 aromatic heterocycles. The van der Waals surface area contributed by atoms with Crippen molar-refractivity contribution in [1.29, 1.82) is 0 Å². The minimum atomic E-state index is -4.56. The van der Waals surface area contributed by atoms with Gasteiger partial charge in [0.05, 0.1) is 15.7 Å². The molecule has 0 aromatic carbocycles. The number of aliphatic imine (C=N–C) groups is 1. The van der Waals surface area contributed by atoms with Gasteiger partial charge in [0, 0.05) is 35.6 Å². The van der Waals surface area contributed by atoms with Gasteiger partial charge in [0.2, 0.25) is 0 Å². The van der Waals surface area contributed by atoms with Gasteiger partial charge in [-0.3, -0.25) is 9.19 Å². The van der Waals surface area contributed by atoms with E-state index in [0.29, 0.717) is 16.6 Å². The van der Waals surface area contributed by atoms with Crippen molar-refractivity contribution in [1.82, 2.24) is 9.97 Å². The minimum Gasteiger partial charge on any atom is -0.398 e. The lowest BCUT2D eigenvalue weighted by atomic mass is 10.2. The number of anilines is 1. The molecule has 138 valence electrons. The molecule has 0 bridgehead atoms. The second-order valence-corrected chi connectivity index (χ2v) is 7.66. The van der Waals surface area contributed by atoms with Gasteiger partial charge in [-0.2, -0.15) is 13.2 Å². The molecule has 2 heterocycles. The molecule has 26 heavy (non-hydrogen) atoms. The molecular formula is C17H17F3N4OS. The molecule has 5 nitrogen and oxygen atoms in total. The molecule has 0 saturated heterocycles. The van der Waals surface area contributed by atoms with Gasteiger partial charge in [0.1, 0.15) is 5.69 Å². The van der Waals surface area contributed by atoms with E-state index in [4.69, 9.17) is 5.73 Å². The van der Waals surface area contributed by atoms with E-state index in [0.717, 1.165) is 30.7 Å². The van der Waals surface area contributed by atoms with E-state index in [1.807, 2.05) is 6.07 Å². The molecule has 2 aromatic rings. The van der Waals surface area contributed by atoms with Gasteiger partial charge >= 0.3 is 6.18 Å². The fourth-order valence-corrected chi connectivity index (χ4v) is 3.28. The van der Waals surface area contributed by atoms with Crippen molar-refractivity contribution < 1.29 is 17.4 Å². The lowest BCUT2D eigenvalue weighted by Gasteiger charge is -2.08. The van der Waals surface area contributed by atoms with E-state index >= 15 is 0 Å². The highest BCUT2D eigenvalue weighted by Crippen LogP contribution is 2.41. The van der Waals surface area contributed by atoms with E-state index in [9.17, 15) is 17.4 Å². The predicted molar refractivity (Wildman–Crippen MR) is 94.1 cm³/mol. The largest absolute Gasteiger partial charge is 0.433 e. The van der Waals surface area contributed by atoms with Gasteiger partial charge in [-0.1, -0.05) is 6.92 Å². The number of pyridine rings is 2. The van der Waals surface area contributed by atoms with E-state index in [2.05, 4.69) is 15.0 Å². The summed E-state index contributed by atoms with van der Waals surface area (Å²) >= 11 is 0. The molecule has 9 heteroatoms. The number of nitrogens with two attached hydrogens (primary N) is 1. The molecule has 0 spiro atoms. The number of nitrogens with zero attached hydrogens (tertiary/aromatic N) is 3. The first-order chi connectivity index (χ1) is 12.3.